The molecule has 0 aliphatic carbocycles. The van der Waals surface area contributed by atoms with Gasteiger partial charge in [0.2, 0.25) is 0 Å². The van der Waals surface area contributed by atoms with E-state index >= 15 is 0 Å². The van der Waals surface area contributed by atoms with E-state index in [-0.39, 0.29) is 5.97 Å². The second-order valence-corrected chi connectivity index (χ2v) is 3.64. The number of esters is 1. The molecule has 0 spiro atoms. The van der Waals surface area contributed by atoms with Gasteiger partial charge in [0, 0.05) is 0 Å². The number of ether oxygens (including phenoxy) is 1. The zero-order valence-electron chi connectivity index (χ0n) is 8.33. The van der Waals surface area contributed by atoms with Crippen molar-refractivity contribution in [1.82, 2.24) is 0 Å². The van der Waals surface area contributed by atoms with Crippen LogP contribution in [0.5, 0.6) is 0 Å². The molecule has 0 rings (SSSR count). The monoisotopic (exact) mass is 173 g/mol. The lowest BCUT2D eigenvalue weighted by molar-refractivity contribution is -0.146. The first-order valence-electron chi connectivity index (χ1n) is 4.37. The minimum atomic E-state index is -0.510. The summed E-state index contributed by atoms with van der Waals surface area (Å²) in [5.74, 6) is 0.612. The average Bonchev–Trinajstić information content (AvgIpc) is 1.98. The molecule has 12 heavy (non-hydrogen) atoms. The van der Waals surface area contributed by atoms with Crippen LogP contribution in [0.25, 0.3) is 0 Å². The highest BCUT2D eigenvalue weighted by Gasteiger charge is 2.12. The van der Waals surface area contributed by atoms with Gasteiger partial charge in [-0.05, 0) is 18.8 Å². The summed E-state index contributed by atoms with van der Waals surface area (Å²) in [6.07, 6.45) is 0. The van der Waals surface area contributed by atoms with Gasteiger partial charge in [-0.3, -0.25) is 4.79 Å². The van der Waals surface area contributed by atoms with Gasteiger partial charge in [0.05, 0.1) is 6.61 Å². The molecule has 3 nitrogen and oxygen atoms in total. The minimum absolute atomic E-state index is 0.317. The van der Waals surface area contributed by atoms with E-state index in [1.165, 1.54) is 0 Å². The van der Waals surface area contributed by atoms with Gasteiger partial charge in [-0.1, -0.05) is 20.8 Å². The highest BCUT2D eigenvalue weighted by Crippen LogP contribution is 2.09. The van der Waals surface area contributed by atoms with Gasteiger partial charge < -0.3 is 10.5 Å². The molecule has 2 atom stereocenters. The van der Waals surface area contributed by atoms with Gasteiger partial charge in [0.15, 0.2) is 0 Å². The highest BCUT2D eigenvalue weighted by atomic mass is 16.5. The molecule has 0 aromatic heterocycles. The van der Waals surface area contributed by atoms with Crippen molar-refractivity contribution in [2.75, 3.05) is 6.61 Å². The van der Waals surface area contributed by atoms with Crippen LogP contribution < -0.4 is 5.73 Å². The van der Waals surface area contributed by atoms with Crippen LogP contribution in [0, 0.1) is 11.8 Å². The summed E-state index contributed by atoms with van der Waals surface area (Å²) in [6.45, 7) is 8.36. The predicted octanol–water partition coefficient (Wildman–Crippen LogP) is 1.17. The van der Waals surface area contributed by atoms with Gasteiger partial charge in [0.1, 0.15) is 6.04 Å². The van der Waals surface area contributed by atoms with E-state index in [2.05, 4.69) is 20.8 Å². The first-order valence-corrected chi connectivity index (χ1v) is 4.37. The number of nitrogens with two attached hydrogens (primary N) is 1. The van der Waals surface area contributed by atoms with Crippen LogP contribution >= 0.6 is 0 Å². The van der Waals surface area contributed by atoms with Crippen LogP contribution in [0.1, 0.15) is 27.7 Å². The normalized spacial score (nSPS) is 15.8. The van der Waals surface area contributed by atoms with Crippen LogP contribution in [-0.2, 0) is 9.53 Å². The third-order valence-corrected chi connectivity index (χ3v) is 2.00. The van der Waals surface area contributed by atoms with E-state index in [1.54, 1.807) is 6.92 Å². The van der Waals surface area contributed by atoms with Gasteiger partial charge in [-0.2, -0.15) is 0 Å². The molecule has 72 valence electrons. The Morgan fingerprint density at radius 3 is 2.17 bits per heavy atom. The minimum Gasteiger partial charge on any atom is -0.464 e. The van der Waals surface area contributed by atoms with Crippen molar-refractivity contribution in [3.8, 4) is 0 Å². The largest absolute Gasteiger partial charge is 0.464 e. The predicted molar refractivity (Wildman–Crippen MR) is 48.6 cm³/mol. The molecule has 2 unspecified atom stereocenters. The highest BCUT2D eigenvalue weighted by molar-refractivity contribution is 5.74. The zero-order valence-corrected chi connectivity index (χ0v) is 8.33. The third-order valence-electron chi connectivity index (χ3n) is 2.00. The summed E-state index contributed by atoms with van der Waals surface area (Å²) in [7, 11) is 0. The van der Waals surface area contributed by atoms with E-state index in [4.69, 9.17) is 10.5 Å². The molecule has 0 aromatic rings. The zero-order chi connectivity index (χ0) is 9.72. The molecule has 0 radical (unpaired) electrons. The SMILES string of the molecule is CC(N)C(=O)OCC(C)C(C)C. The van der Waals surface area contributed by atoms with Crippen LogP contribution in [-0.4, -0.2) is 18.6 Å². The summed E-state index contributed by atoms with van der Waals surface area (Å²) in [5.41, 5.74) is 5.32. The van der Waals surface area contributed by atoms with Crippen LogP contribution in [0.3, 0.4) is 0 Å². The summed E-state index contributed by atoms with van der Waals surface area (Å²) < 4.78 is 4.96. The van der Waals surface area contributed by atoms with E-state index in [0.717, 1.165) is 0 Å². The Morgan fingerprint density at radius 2 is 1.83 bits per heavy atom. The van der Waals surface area contributed by atoms with Gasteiger partial charge in [-0.15, -0.1) is 0 Å². The van der Waals surface area contributed by atoms with E-state index in [1.807, 2.05) is 0 Å². The van der Waals surface area contributed by atoms with Crippen molar-refractivity contribution in [3.63, 3.8) is 0 Å². The molecule has 0 bridgehead atoms. The Labute approximate surface area is 74.3 Å². The fraction of sp³-hybridized carbons (Fsp3) is 0.889. The number of carbonyl (C=O) groups is 1. The van der Waals surface area contributed by atoms with E-state index < -0.39 is 6.04 Å². The van der Waals surface area contributed by atoms with Gasteiger partial charge in [0.25, 0.3) is 0 Å². The molecule has 2 N–H and O–H groups in total. The number of hydrogen-bond acceptors (Lipinski definition) is 3. The summed E-state index contributed by atoms with van der Waals surface area (Å²) >= 11 is 0. The molecule has 0 aliphatic heterocycles. The molecule has 0 aromatic carbocycles. The van der Waals surface area contributed by atoms with Crippen molar-refractivity contribution in [2.24, 2.45) is 17.6 Å². The number of carbonyl (C=O) groups excluding carboxylic acids is 1. The maximum Gasteiger partial charge on any atom is 0.322 e. The third kappa shape index (κ3) is 4.34. The fourth-order valence-electron chi connectivity index (χ4n) is 0.537. The van der Waals surface area contributed by atoms with Crippen LogP contribution in [0.15, 0.2) is 0 Å². The Kier molecular flexibility index (Phi) is 4.90. The molecule has 3 heteroatoms. The van der Waals surface area contributed by atoms with Crippen molar-refractivity contribution in [1.29, 1.82) is 0 Å². The Bertz CT molecular complexity index is 143. The van der Waals surface area contributed by atoms with Gasteiger partial charge in [-0.25, -0.2) is 0 Å². The van der Waals surface area contributed by atoms with E-state index in [9.17, 15) is 4.79 Å². The lowest BCUT2D eigenvalue weighted by Crippen LogP contribution is -2.30. The molecule has 0 aliphatic rings. The van der Waals surface area contributed by atoms with Crippen LogP contribution in [0.4, 0.5) is 0 Å². The molecular weight excluding hydrogens is 154 g/mol. The van der Waals surface area contributed by atoms with Crippen molar-refractivity contribution >= 4 is 5.97 Å². The summed E-state index contributed by atoms with van der Waals surface area (Å²) in [6, 6.07) is -0.510. The molecular formula is C9H19NO2. The molecule has 0 heterocycles. The Morgan fingerprint density at radius 1 is 1.33 bits per heavy atom. The smallest absolute Gasteiger partial charge is 0.322 e. The average molecular weight is 173 g/mol. The van der Waals surface area contributed by atoms with Gasteiger partial charge >= 0.3 is 5.97 Å². The lowest BCUT2D eigenvalue weighted by atomic mass is 9.99. The maximum atomic E-state index is 10.9. The van der Waals surface area contributed by atoms with Crippen molar-refractivity contribution in [3.05, 3.63) is 0 Å². The van der Waals surface area contributed by atoms with E-state index in [0.29, 0.717) is 18.4 Å². The quantitative estimate of drug-likeness (QED) is 0.649. The second kappa shape index (κ2) is 5.14. The second-order valence-electron chi connectivity index (χ2n) is 3.64. The Hall–Kier alpha value is -0.570. The standard InChI is InChI=1S/C9H19NO2/c1-6(2)7(3)5-12-9(11)8(4)10/h6-8H,5,10H2,1-4H3. The summed E-state index contributed by atoms with van der Waals surface area (Å²) in [5, 5.41) is 0. The van der Waals surface area contributed by atoms with Crippen molar-refractivity contribution < 1.29 is 9.53 Å². The first kappa shape index (κ1) is 11.4. The van der Waals surface area contributed by atoms with Crippen LogP contribution in [0.2, 0.25) is 0 Å². The molecule has 0 saturated heterocycles. The van der Waals surface area contributed by atoms with Crippen molar-refractivity contribution in [2.45, 2.75) is 33.7 Å². The molecule has 0 saturated carbocycles. The topological polar surface area (TPSA) is 52.3 Å². The maximum absolute atomic E-state index is 10.9. The molecule has 0 fully saturated rings. The number of rotatable bonds is 4. The lowest BCUT2D eigenvalue weighted by Gasteiger charge is -2.16. The number of hydrogen-bond donors (Lipinski definition) is 1. The first-order chi connectivity index (χ1) is 5.45. The Balaban J connectivity index is 3.61. The fourth-order valence-corrected chi connectivity index (χ4v) is 0.537. The molecule has 0 amide bonds. The summed E-state index contributed by atoms with van der Waals surface area (Å²) in [4.78, 5) is 10.9.